The Morgan fingerprint density at radius 1 is 1.32 bits per heavy atom. The van der Waals surface area contributed by atoms with Gasteiger partial charge in [-0.2, -0.15) is 0 Å². The lowest BCUT2D eigenvalue weighted by Crippen LogP contribution is -2.34. The second-order valence-corrected chi connectivity index (χ2v) is 4.36. The van der Waals surface area contributed by atoms with Gasteiger partial charge in [-0.05, 0) is 32.9 Å². The lowest BCUT2D eigenvalue weighted by atomic mass is 10.1. The molecular weight excluding hydrogens is 242 g/mol. The first-order valence-corrected chi connectivity index (χ1v) is 6.36. The van der Waals surface area contributed by atoms with Crippen molar-refractivity contribution in [2.24, 2.45) is 0 Å². The number of nitrogens with zero attached hydrogens (tertiary/aromatic N) is 2. The minimum atomic E-state index is -0.266. The third-order valence-corrected chi connectivity index (χ3v) is 3.16. The average Bonchev–Trinajstić information content (AvgIpc) is 2.40. The summed E-state index contributed by atoms with van der Waals surface area (Å²) in [5, 5.41) is 0.448. The molecule has 2 aromatic rings. The number of H-pyrrole nitrogens is 1. The largest absolute Gasteiger partial charge is 0.345 e. The molecule has 0 aliphatic rings. The lowest BCUT2D eigenvalue weighted by Gasteiger charge is -2.18. The van der Waals surface area contributed by atoms with Gasteiger partial charge in [0.05, 0.1) is 5.39 Å². The van der Waals surface area contributed by atoms with Gasteiger partial charge >= 0.3 is 0 Å². The highest BCUT2D eigenvalue weighted by atomic mass is 16.2. The number of aromatic amines is 1. The maximum absolute atomic E-state index is 12.3. The van der Waals surface area contributed by atoms with Crippen molar-refractivity contribution >= 4 is 16.9 Å². The summed E-state index contributed by atoms with van der Waals surface area (Å²) in [6, 6.07) is 3.47. The van der Waals surface area contributed by atoms with Crippen LogP contribution in [0.4, 0.5) is 0 Å². The fourth-order valence-electron chi connectivity index (χ4n) is 2.04. The van der Waals surface area contributed by atoms with E-state index in [4.69, 9.17) is 0 Å². The zero-order valence-corrected chi connectivity index (χ0v) is 11.4. The smallest absolute Gasteiger partial charge is 0.259 e. The van der Waals surface area contributed by atoms with Gasteiger partial charge in [-0.3, -0.25) is 9.59 Å². The van der Waals surface area contributed by atoms with E-state index in [0.29, 0.717) is 24.1 Å². The Balaban J connectivity index is 2.57. The number of hydrogen-bond donors (Lipinski definition) is 1. The highest BCUT2D eigenvalue weighted by Gasteiger charge is 2.17. The molecular formula is C14H17N3O2. The molecule has 0 saturated heterocycles. The number of aryl methyl sites for hydroxylation is 1. The molecule has 2 aromatic heterocycles. The summed E-state index contributed by atoms with van der Waals surface area (Å²) in [6.45, 7) is 6.80. The van der Waals surface area contributed by atoms with Crippen molar-refractivity contribution in [1.82, 2.24) is 14.9 Å². The number of nitrogens with one attached hydrogen (secondary N) is 1. The van der Waals surface area contributed by atoms with Crippen molar-refractivity contribution in [2.75, 3.05) is 13.1 Å². The minimum Gasteiger partial charge on any atom is -0.345 e. The number of carbonyl (C=O) groups excluding carboxylic acids is 1. The van der Waals surface area contributed by atoms with E-state index in [1.165, 1.54) is 6.20 Å². The van der Waals surface area contributed by atoms with Gasteiger partial charge in [-0.15, -0.1) is 0 Å². The van der Waals surface area contributed by atoms with Gasteiger partial charge in [-0.1, -0.05) is 0 Å². The van der Waals surface area contributed by atoms with Crippen molar-refractivity contribution in [3.63, 3.8) is 0 Å². The first kappa shape index (κ1) is 13.3. The summed E-state index contributed by atoms with van der Waals surface area (Å²) >= 11 is 0. The normalized spacial score (nSPS) is 10.7. The monoisotopic (exact) mass is 259 g/mol. The lowest BCUT2D eigenvalue weighted by molar-refractivity contribution is 0.0771. The summed E-state index contributed by atoms with van der Waals surface area (Å²) in [6.07, 6.45) is 1.46. The van der Waals surface area contributed by atoms with E-state index in [-0.39, 0.29) is 16.9 Å². The molecule has 0 aliphatic heterocycles. The van der Waals surface area contributed by atoms with Gasteiger partial charge < -0.3 is 9.88 Å². The van der Waals surface area contributed by atoms with Crippen molar-refractivity contribution in [3.05, 3.63) is 39.8 Å². The maximum atomic E-state index is 12.3. The molecule has 2 rings (SSSR count). The molecule has 2 heterocycles. The van der Waals surface area contributed by atoms with Gasteiger partial charge in [0.25, 0.3) is 5.91 Å². The van der Waals surface area contributed by atoms with Crippen LogP contribution >= 0.6 is 0 Å². The molecule has 0 bridgehead atoms. The third-order valence-electron chi connectivity index (χ3n) is 3.16. The summed E-state index contributed by atoms with van der Waals surface area (Å²) in [4.78, 5) is 33.3. The van der Waals surface area contributed by atoms with Gasteiger partial charge in [0.15, 0.2) is 0 Å². The molecule has 0 aromatic carbocycles. The van der Waals surface area contributed by atoms with E-state index in [2.05, 4.69) is 9.97 Å². The van der Waals surface area contributed by atoms with Crippen LogP contribution in [0.5, 0.6) is 0 Å². The van der Waals surface area contributed by atoms with Crippen LogP contribution in [0.1, 0.15) is 29.9 Å². The molecule has 0 fully saturated rings. The second kappa shape index (κ2) is 5.22. The number of hydrogen-bond acceptors (Lipinski definition) is 3. The van der Waals surface area contributed by atoms with Crippen LogP contribution < -0.4 is 5.43 Å². The molecule has 0 aliphatic carbocycles. The molecule has 0 atom stereocenters. The van der Waals surface area contributed by atoms with Crippen LogP contribution in [-0.4, -0.2) is 33.9 Å². The molecule has 0 unspecified atom stereocenters. The second-order valence-electron chi connectivity index (χ2n) is 4.36. The molecule has 5 heteroatoms. The van der Waals surface area contributed by atoms with Gasteiger partial charge in [0.1, 0.15) is 11.2 Å². The minimum absolute atomic E-state index is 0.168. The van der Waals surface area contributed by atoms with Crippen molar-refractivity contribution < 1.29 is 4.79 Å². The molecule has 1 amide bonds. The Kier molecular flexibility index (Phi) is 3.64. The number of pyridine rings is 2. The van der Waals surface area contributed by atoms with Crippen LogP contribution in [0, 0.1) is 6.92 Å². The third kappa shape index (κ3) is 2.36. The summed E-state index contributed by atoms with van der Waals surface area (Å²) in [7, 11) is 0. The number of rotatable bonds is 3. The Bertz CT molecular complexity index is 672. The molecule has 5 nitrogen and oxygen atoms in total. The number of amides is 1. The zero-order valence-electron chi connectivity index (χ0n) is 11.4. The van der Waals surface area contributed by atoms with E-state index < -0.39 is 0 Å². The summed E-state index contributed by atoms with van der Waals surface area (Å²) in [5.74, 6) is -0.242. The van der Waals surface area contributed by atoms with Crippen LogP contribution in [0.2, 0.25) is 0 Å². The SMILES string of the molecule is CCN(CC)C(=O)c1c[nH]c2nc(C)ccc2c1=O. The molecule has 100 valence electrons. The van der Waals surface area contributed by atoms with E-state index in [0.717, 1.165) is 5.69 Å². The topological polar surface area (TPSA) is 66.1 Å². The van der Waals surface area contributed by atoms with Crippen molar-refractivity contribution in [2.45, 2.75) is 20.8 Å². The van der Waals surface area contributed by atoms with E-state index in [1.807, 2.05) is 20.8 Å². The summed E-state index contributed by atoms with van der Waals surface area (Å²) in [5.41, 5.74) is 1.24. The molecule has 0 saturated carbocycles. The molecule has 1 N–H and O–H groups in total. The van der Waals surface area contributed by atoms with E-state index in [1.54, 1.807) is 17.0 Å². The van der Waals surface area contributed by atoms with Gasteiger partial charge in [0, 0.05) is 25.0 Å². The quantitative estimate of drug-likeness (QED) is 0.912. The Morgan fingerprint density at radius 2 is 2.00 bits per heavy atom. The van der Waals surface area contributed by atoms with Crippen LogP contribution in [0.3, 0.4) is 0 Å². The van der Waals surface area contributed by atoms with Crippen molar-refractivity contribution in [1.29, 1.82) is 0 Å². The first-order chi connectivity index (χ1) is 9.08. The summed E-state index contributed by atoms with van der Waals surface area (Å²) < 4.78 is 0. The molecule has 0 spiro atoms. The fraction of sp³-hybridized carbons (Fsp3) is 0.357. The highest BCUT2D eigenvalue weighted by Crippen LogP contribution is 2.08. The predicted octanol–water partition coefficient (Wildman–Crippen LogP) is 1.71. The Hall–Kier alpha value is -2.17. The highest BCUT2D eigenvalue weighted by molar-refractivity contribution is 5.96. The van der Waals surface area contributed by atoms with Gasteiger partial charge in [0.2, 0.25) is 5.43 Å². The zero-order chi connectivity index (χ0) is 14.0. The Morgan fingerprint density at radius 3 is 2.63 bits per heavy atom. The Labute approximate surface area is 111 Å². The fourth-order valence-corrected chi connectivity index (χ4v) is 2.04. The van der Waals surface area contributed by atoms with E-state index in [9.17, 15) is 9.59 Å². The maximum Gasteiger partial charge on any atom is 0.259 e. The van der Waals surface area contributed by atoms with Crippen LogP contribution in [-0.2, 0) is 0 Å². The molecule has 0 radical (unpaired) electrons. The van der Waals surface area contributed by atoms with E-state index >= 15 is 0 Å². The molecule has 19 heavy (non-hydrogen) atoms. The predicted molar refractivity (Wildman–Crippen MR) is 74.4 cm³/mol. The number of fused-ring (bicyclic) bond motifs is 1. The van der Waals surface area contributed by atoms with Crippen LogP contribution in [0.15, 0.2) is 23.1 Å². The van der Waals surface area contributed by atoms with Gasteiger partial charge in [-0.25, -0.2) is 4.98 Å². The average molecular weight is 259 g/mol. The standard InChI is InChI=1S/C14H17N3O2/c1-4-17(5-2)14(19)11-8-15-13-10(12(11)18)7-6-9(3)16-13/h6-8H,4-5H2,1-3H3,(H,15,16,18). The first-order valence-electron chi connectivity index (χ1n) is 6.36. The number of carbonyl (C=O) groups is 1. The van der Waals surface area contributed by atoms with Crippen LogP contribution in [0.25, 0.3) is 11.0 Å². The van der Waals surface area contributed by atoms with Crippen molar-refractivity contribution in [3.8, 4) is 0 Å². The number of aromatic nitrogens is 2.